The summed E-state index contributed by atoms with van der Waals surface area (Å²) in [5.41, 5.74) is 6.64. The van der Waals surface area contributed by atoms with E-state index in [0.717, 1.165) is 24.9 Å². The Hall–Kier alpha value is -0.930. The van der Waals surface area contributed by atoms with Crippen molar-refractivity contribution in [3.63, 3.8) is 0 Å². The van der Waals surface area contributed by atoms with Gasteiger partial charge in [-0.3, -0.25) is 0 Å². The second-order valence-corrected chi connectivity index (χ2v) is 6.13. The molecule has 0 spiro atoms. The third-order valence-corrected chi connectivity index (χ3v) is 4.57. The largest absolute Gasteiger partial charge is 0.330 e. The van der Waals surface area contributed by atoms with Crippen LogP contribution in [0.3, 0.4) is 0 Å². The van der Waals surface area contributed by atoms with Gasteiger partial charge in [-0.05, 0) is 51.9 Å². The van der Waals surface area contributed by atoms with Gasteiger partial charge in [-0.25, -0.2) is 4.39 Å². The molecule has 1 aromatic rings. The maximum Gasteiger partial charge on any atom is 0.127 e. The normalized spacial score (nSPS) is 28.3. The summed E-state index contributed by atoms with van der Waals surface area (Å²) in [6.45, 7) is 5.87. The summed E-state index contributed by atoms with van der Waals surface area (Å²) in [7, 11) is 2.13. The van der Waals surface area contributed by atoms with E-state index in [4.69, 9.17) is 5.73 Å². The molecule has 0 amide bonds. The number of nitrogens with zero attached hydrogens (tertiary/aromatic N) is 1. The fourth-order valence-corrected chi connectivity index (χ4v) is 3.14. The van der Waals surface area contributed by atoms with Gasteiger partial charge < -0.3 is 10.6 Å². The van der Waals surface area contributed by atoms with E-state index in [2.05, 4.69) is 25.8 Å². The quantitative estimate of drug-likeness (QED) is 0.874. The monoisotopic (exact) mass is 250 g/mol. The molecule has 3 heteroatoms. The Balaban J connectivity index is 2.41. The van der Waals surface area contributed by atoms with Crippen LogP contribution >= 0.6 is 0 Å². The van der Waals surface area contributed by atoms with Crippen LogP contribution in [0.4, 0.5) is 4.39 Å². The van der Waals surface area contributed by atoms with Crippen LogP contribution in [-0.2, 0) is 5.41 Å². The van der Waals surface area contributed by atoms with Crippen LogP contribution in [0.25, 0.3) is 0 Å². The van der Waals surface area contributed by atoms with Crippen molar-refractivity contribution >= 4 is 0 Å². The zero-order chi connectivity index (χ0) is 13.4. The minimum absolute atomic E-state index is 0.0555. The number of hydrogen-bond acceptors (Lipinski definition) is 2. The highest BCUT2D eigenvalue weighted by molar-refractivity contribution is 5.29. The van der Waals surface area contributed by atoms with Crippen molar-refractivity contribution in [1.82, 2.24) is 4.90 Å². The predicted molar refractivity (Wildman–Crippen MR) is 73.1 cm³/mol. The van der Waals surface area contributed by atoms with E-state index in [-0.39, 0.29) is 16.8 Å². The molecule has 1 aliphatic rings. The van der Waals surface area contributed by atoms with Gasteiger partial charge in [-0.15, -0.1) is 0 Å². The minimum Gasteiger partial charge on any atom is -0.330 e. The zero-order valence-corrected chi connectivity index (χ0v) is 11.5. The van der Waals surface area contributed by atoms with E-state index >= 15 is 0 Å². The van der Waals surface area contributed by atoms with Gasteiger partial charge >= 0.3 is 0 Å². The SMILES string of the molecule is CN1CCC(CN)(c2ccccc2F)CC1(C)C. The molecule has 0 bridgehead atoms. The van der Waals surface area contributed by atoms with Gasteiger partial charge in [0.15, 0.2) is 0 Å². The lowest BCUT2D eigenvalue weighted by atomic mass is 9.66. The molecule has 1 unspecified atom stereocenters. The average Bonchev–Trinajstić information content (AvgIpc) is 2.33. The van der Waals surface area contributed by atoms with Crippen molar-refractivity contribution < 1.29 is 4.39 Å². The Bertz CT molecular complexity index is 430. The maximum atomic E-state index is 14.1. The van der Waals surface area contributed by atoms with E-state index in [1.54, 1.807) is 6.07 Å². The Morgan fingerprint density at radius 3 is 2.56 bits per heavy atom. The smallest absolute Gasteiger partial charge is 0.127 e. The second-order valence-electron chi connectivity index (χ2n) is 6.13. The summed E-state index contributed by atoms with van der Waals surface area (Å²) in [4.78, 5) is 2.34. The molecule has 1 saturated heterocycles. The highest BCUT2D eigenvalue weighted by Crippen LogP contribution is 2.42. The molecule has 1 fully saturated rings. The molecule has 2 N–H and O–H groups in total. The summed E-state index contributed by atoms with van der Waals surface area (Å²) >= 11 is 0. The number of nitrogens with two attached hydrogens (primary N) is 1. The van der Waals surface area contributed by atoms with Crippen LogP contribution in [-0.4, -0.2) is 30.6 Å². The molecule has 0 radical (unpaired) electrons. The first-order valence-electron chi connectivity index (χ1n) is 6.58. The topological polar surface area (TPSA) is 29.3 Å². The van der Waals surface area contributed by atoms with Crippen LogP contribution < -0.4 is 5.73 Å². The first-order chi connectivity index (χ1) is 8.41. The number of likely N-dealkylation sites (tertiary alicyclic amines) is 1. The van der Waals surface area contributed by atoms with Gasteiger partial charge in [0.2, 0.25) is 0 Å². The van der Waals surface area contributed by atoms with E-state index in [1.165, 1.54) is 6.07 Å². The van der Waals surface area contributed by atoms with Crippen molar-refractivity contribution in [2.45, 2.75) is 37.6 Å². The number of piperidine rings is 1. The molecule has 2 rings (SSSR count). The van der Waals surface area contributed by atoms with Gasteiger partial charge in [-0.1, -0.05) is 18.2 Å². The summed E-state index contributed by atoms with van der Waals surface area (Å²) in [5.74, 6) is -0.122. The maximum absolute atomic E-state index is 14.1. The molecule has 0 aromatic heterocycles. The predicted octanol–water partition coefficient (Wildman–Crippen LogP) is 2.53. The number of benzene rings is 1. The Labute approximate surface area is 109 Å². The van der Waals surface area contributed by atoms with Crippen LogP contribution in [0.1, 0.15) is 32.3 Å². The van der Waals surface area contributed by atoms with Crippen LogP contribution in [0.5, 0.6) is 0 Å². The van der Waals surface area contributed by atoms with Gasteiger partial charge in [-0.2, -0.15) is 0 Å². The van der Waals surface area contributed by atoms with E-state index in [1.807, 2.05) is 12.1 Å². The molecule has 1 aromatic carbocycles. The van der Waals surface area contributed by atoms with Crippen molar-refractivity contribution in [3.8, 4) is 0 Å². The third kappa shape index (κ3) is 2.17. The number of hydrogen-bond donors (Lipinski definition) is 1. The first-order valence-corrected chi connectivity index (χ1v) is 6.58. The molecule has 0 saturated carbocycles. The molecule has 0 aliphatic carbocycles. The lowest BCUT2D eigenvalue weighted by Crippen LogP contribution is -2.55. The minimum atomic E-state index is -0.221. The fraction of sp³-hybridized carbons (Fsp3) is 0.600. The summed E-state index contributed by atoms with van der Waals surface area (Å²) in [5, 5.41) is 0. The zero-order valence-electron chi connectivity index (χ0n) is 11.5. The average molecular weight is 250 g/mol. The summed E-state index contributed by atoms with van der Waals surface area (Å²) < 4.78 is 14.1. The molecular formula is C15H23FN2. The molecule has 1 heterocycles. The first kappa shape index (κ1) is 13.5. The molecule has 100 valence electrons. The van der Waals surface area contributed by atoms with Crippen molar-refractivity contribution in [2.75, 3.05) is 20.1 Å². The third-order valence-electron chi connectivity index (χ3n) is 4.57. The Morgan fingerprint density at radius 1 is 1.33 bits per heavy atom. The molecule has 1 atom stereocenters. The van der Waals surface area contributed by atoms with Gasteiger partial charge in [0.25, 0.3) is 0 Å². The van der Waals surface area contributed by atoms with Crippen molar-refractivity contribution in [3.05, 3.63) is 35.6 Å². The lowest BCUT2D eigenvalue weighted by molar-refractivity contribution is 0.0554. The standard InChI is InChI=1S/C15H23FN2/c1-14(2)10-15(11-17,8-9-18(14)3)12-6-4-5-7-13(12)16/h4-7H,8-11,17H2,1-3H3. The van der Waals surface area contributed by atoms with Gasteiger partial charge in [0.05, 0.1) is 0 Å². The number of rotatable bonds is 2. The van der Waals surface area contributed by atoms with E-state index in [0.29, 0.717) is 6.54 Å². The van der Waals surface area contributed by atoms with Gasteiger partial charge in [0.1, 0.15) is 5.82 Å². The summed E-state index contributed by atoms with van der Waals surface area (Å²) in [6, 6.07) is 7.08. The molecular weight excluding hydrogens is 227 g/mol. The highest BCUT2D eigenvalue weighted by Gasteiger charge is 2.44. The van der Waals surface area contributed by atoms with Crippen LogP contribution in [0.2, 0.25) is 0 Å². The Kier molecular flexibility index (Phi) is 3.47. The fourth-order valence-electron chi connectivity index (χ4n) is 3.14. The summed E-state index contributed by atoms with van der Waals surface area (Å²) in [6.07, 6.45) is 1.82. The van der Waals surface area contributed by atoms with E-state index < -0.39 is 0 Å². The molecule has 2 nitrogen and oxygen atoms in total. The lowest BCUT2D eigenvalue weighted by Gasteiger charge is -2.50. The second kappa shape index (κ2) is 4.63. The number of halogens is 1. The van der Waals surface area contributed by atoms with Crippen LogP contribution in [0.15, 0.2) is 24.3 Å². The van der Waals surface area contributed by atoms with Crippen LogP contribution in [0, 0.1) is 5.82 Å². The molecule has 1 aliphatic heterocycles. The Morgan fingerprint density at radius 2 is 2.00 bits per heavy atom. The van der Waals surface area contributed by atoms with Crippen molar-refractivity contribution in [2.24, 2.45) is 5.73 Å². The van der Waals surface area contributed by atoms with E-state index in [9.17, 15) is 4.39 Å². The van der Waals surface area contributed by atoms with Crippen molar-refractivity contribution in [1.29, 1.82) is 0 Å². The van der Waals surface area contributed by atoms with Gasteiger partial charge in [0, 0.05) is 17.5 Å². The highest BCUT2D eigenvalue weighted by atomic mass is 19.1. The molecule has 18 heavy (non-hydrogen) atoms.